The van der Waals surface area contributed by atoms with Crippen molar-refractivity contribution in [3.63, 3.8) is 0 Å². The number of ketones is 1. The summed E-state index contributed by atoms with van der Waals surface area (Å²) in [6, 6.07) is -0.488. The van der Waals surface area contributed by atoms with E-state index in [1.54, 1.807) is 0 Å². The van der Waals surface area contributed by atoms with Crippen LogP contribution >= 0.6 is 0 Å². The maximum atomic E-state index is 11.6. The molecule has 0 aromatic rings. The molecule has 1 atom stereocenters. The predicted octanol–water partition coefficient (Wildman–Crippen LogP) is -0.408. The van der Waals surface area contributed by atoms with Gasteiger partial charge in [-0.2, -0.15) is 0 Å². The van der Waals surface area contributed by atoms with Crippen molar-refractivity contribution >= 4 is 11.7 Å². The van der Waals surface area contributed by atoms with E-state index in [9.17, 15) is 4.79 Å². The molecule has 0 radical (unpaired) electrons. The van der Waals surface area contributed by atoms with Gasteiger partial charge in [-0.25, -0.2) is 0 Å². The van der Waals surface area contributed by atoms with Crippen LogP contribution in [0.5, 0.6) is 0 Å². The molecule has 0 saturated heterocycles. The van der Waals surface area contributed by atoms with E-state index in [4.69, 9.17) is 17.2 Å². The summed E-state index contributed by atoms with van der Waals surface area (Å²) < 4.78 is 0. The number of Topliss-reactive ketones (excluding diaryl/α,β-unsaturated/α-hetero) is 1. The Morgan fingerprint density at radius 3 is 2.21 bits per heavy atom. The van der Waals surface area contributed by atoms with E-state index in [2.05, 4.69) is 4.99 Å². The quantitative estimate of drug-likeness (QED) is 0.423. The highest BCUT2D eigenvalue weighted by molar-refractivity contribution is 5.88. The molecule has 0 aliphatic carbocycles. The Hall–Kier alpha value is -1.10. The van der Waals surface area contributed by atoms with Crippen molar-refractivity contribution < 1.29 is 4.79 Å². The number of hydrogen-bond acceptors (Lipinski definition) is 3. The number of aliphatic imine (C=N–C) groups is 1. The largest absolute Gasteiger partial charge is 0.370 e. The van der Waals surface area contributed by atoms with Crippen molar-refractivity contribution in [3.8, 4) is 0 Å². The molecule has 0 unspecified atom stereocenters. The van der Waals surface area contributed by atoms with Gasteiger partial charge in [-0.1, -0.05) is 20.8 Å². The number of nitrogens with two attached hydrogens (primary N) is 3. The molecule has 5 heteroatoms. The van der Waals surface area contributed by atoms with Gasteiger partial charge in [-0.05, 0) is 6.42 Å². The number of nitrogens with zero attached hydrogens (tertiary/aromatic N) is 1. The highest BCUT2D eigenvalue weighted by Crippen LogP contribution is 2.17. The third-order valence-corrected chi connectivity index (χ3v) is 1.81. The van der Waals surface area contributed by atoms with Gasteiger partial charge in [-0.15, -0.1) is 0 Å². The Morgan fingerprint density at radius 2 is 1.86 bits per heavy atom. The summed E-state index contributed by atoms with van der Waals surface area (Å²) in [7, 11) is 0. The van der Waals surface area contributed by atoms with Crippen LogP contribution in [0.4, 0.5) is 0 Å². The third kappa shape index (κ3) is 4.81. The van der Waals surface area contributed by atoms with Gasteiger partial charge >= 0.3 is 0 Å². The first kappa shape index (κ1) is 12.9. The molecule has 0 bridgehead atoms. The fraction of sp³-hybridized carbons (Fsp3) is 0.778. The first-order chi connectivity index (χ1) is 6.25. The van der Waals surface area contributed by atoms with Crippen LogP contribution in [0.2, 0.25) is 0 Å². The molecule has 0 heterocycles. The maximum absolute atomic E-state index is 11.6. The Bertz CT molecular complexity index is 225. The molecule has 0 aliphatic heterocycles. The highest BCUT2D eigenvalue weighted by atomic mass is 16.1. The number of carbonyl (C=O) groups is 1. The van der Waals surface area contributed by atoms with E-state index in [1.807, 2.05) is 20.8 Å². The van der Waals surface area contributed by atoms with Gasteiger partial charge in [-0.3, -0.25) is 9.79 Å². The summed E-state index contributed by atoms with van der Waals surface area (Å²) in [5.74, 6) is 0.0590. The summed E-state index contributed by atoms with van der Waals surface area (Å²) in [5.41, 5.74) is 15.6. The van der Waals surface area contributed by atoms with E-state index < -0.39 is 11.5 Å². The lowest BCUT2D eigenvalue weighted by atomic mass is 9.86. The Labute approximate surface area is 84.7 Å². The Balaban J connectivity index is 4.04. The molecule has 0 saturated carbocycles. The third-order valence-electron chi connectivity index (χ3n) is 1.81. The maximum Gasteiger partial charge on any atom is 0.185 e. The molecular weight excluding hydrogens is 180 g/mol. The van der Waals surface area contributed by atoms with E-state index in [1.165, 1.54) is 0 Å². The Kier molecular flexibility index (Phi) is 4.56. The molecule has 0 aromatic heterocycles. The molecule has 14 heavy (non-hydrogen) atoms. The monoisotopic (exact) mass is 200 g/mol. The highest BCUT2D eigenvalue weighted by Gasteiger charge is 2.26. The fourth-order valence-corrected chi connectivity index (χ4v) is 1.02. The normalized spacial score (nSPS) is 13.4. The molecule has 5 nitrogen and oxygen atoms in total. The van der Waals surface area contributed by atoms with E-state index >= 15 is 0 Å². The van der Waals surface area contributed by atoms with Crippen LogP contribution in [0.15, 0.2) is 4.99 Å². The van der Waals surface area contributed by atoms with Crippen LogP contribution in [0.1, 0.15) is 27.2 Å². The average molecular weight is 200 g/mol. The van der Waals surface area contributed by atoms with Gasteiger partial charge in [0.05, 0.1) is 6.04 Å². The summed E-state index contributed by atoms with van der Waals surface area (Å²) in [6.07, 6.45) is 0.480. The van der Waals surface area contributed by atoms with Gasteiger partial charge in [0.1, 0.15) is 0 Å². The van der Waals surface area contributed by atoms with Gasteiger partial charge in [0.2, 0.25) is 0 Å². The van der Waals surface area contributed by atoms with Crippen LogP contribution in [-0.4, -0.2) is 24.3 Å². The van der Waals surface area contributed by atoms with Crippen molar-refractivity contribution in [2.24, 2.45) is 27.6 Å². The fourth-order valence-electron chi connectivity index (χ4n) is 1.02. The van der Waals surface area contributed by atoms with Crippen LogP contribution in [0.3, 0.4) is 0 Å². The van der Waals surface area contributed by atoms with Crippen molar-refractivity contribution in [2.45, 2.75) is 33.2 Å². The van der Waals surface area contributed by atoms with Gasteiger partial charge in [0.15, 0.2) is 11.7 Å². The first-order valence-electron chi connectivity index (χ1n) is 4.60. The molecular formula is C9H20N4O. The number of rotatable bonds is 4. The van der Waals surface area contributed by atoms with Crippen LogP contribution < -0.4 is 17.2 Å². The van der Waals surface area contributed by atoms with Crippen molar-refractivity contribution in [2.75, 3.05) is 6.54 Å². The second-order valence-corrected chi connectivity index (χ2v) is 4.32. The Morgan fingerprint density at radius 1 is 1.36 bits per heavy atom. The zero-order valence-electron chi connectivity index (χ0n) is 9.08. The molecule has 82 valence electrons. The topological polar surface area (TPSA) is 107 Å². The molecule has 0 fully saturated rings. The number of guanidine groups is 1. The SMILES string of the molecule is CC(C)(C)C(=O)[C@H](N)CCN=C(N)N. The van der Waals surface area contributed by atoms with Crippen LogP contribution in [0, 0.1) is 5.41 Å². The molecule has 0 amide bonds. The minimum atomic E-state index is -0.488. The minimum absolute atomic E-state index is 0.0282. The summed E-state index contributed by atoms with van der Waals surface area (Å²) >= 11 is 0. The van der Waals surface area contributed by atoms with E-state index in [0.717, 1.165) is 0 Å². The van der Waals surface area contributed by atoms with Crippen LogP contribution in [0.25, 0.3) is 0 Å². The van der Waals surface area contributed by atoms with Crippen LogP contribution in [-0.2, 0) is 4.79 Å². The van der Waals surface area contributed by atoms with Crippen molar-refractivity contribution in [1.82, 2.24) is 0 Å². The molecule has 0 aliphatic rings. The summed E-state index contributed by atoms with van der Waals surface area (Å²) in [4.78, 5) is 15.4. The zero-order valence-corrected chi connectivity index (χ0v) is 9.08. The lowest BCUT2D eigenvalue weighted by molar-refractivity contribution is -0.127. The smallest absolute Gasteiger partial charge is 0.185 e. The molecule has 0 rings (SSSR count). The standard InChI is InChI=1S/C9H20N4O/c1-9(2,3)7(14)6(10)4-5-13-8(11)12/h6H,4-5,10H2,1-3H3,(H4,11,12,13)/t6-/m1/s1. The lowest BCUT2D eigenvalue weighted by Crippen LogP contribution is -2.39. The molecule has 0 spiro atoms. The second kappa shape index (κ2) is 4.95. The molecule has 0 aromatic carbocycles. The van der Waals surface area contributed by atoms with Crippen molar-refractivity contribution in [3.05, 3.63) is 0 Å². The predicted molar refractivity (Wildman–Crippen MR) is 57.7 cm³/mol. The number of hydrogen-bond donors (Lipinski definition) is 3. The molecule has 6 N–H and O–H groups in total. The van der Waals surface area contributed by atoms with E-state index in [0.29, 0.717) is 13.0 Å². The van der Waals surface area contributed by atoms with Crippen molar-refractivity contribution in [1.29, 1.82) is 0 Å². The van der Waals surface area contributed by atoms with Gasteiger partial charge < -0.3 is 17.2 Å². The minimum Gasteiger partial charge on any atom is -0.370 e. The van der Waals surface area contributed by atoms with Gasteiger partial charge in [0, 0.05) is 12.0 Å². The second-order valence-electron chi connectivity index (χ2n) is 4.32. The zero-order chi connectivity index (χ0) is 11.4. The summed E-state index contributed by atoms with van der Waals surface area (Å²) in [5, 5.41) is 0. The lowest BCUT2D eigenvalue weighted by Gasteiger charge is -2.21. The first-order valence-corrected chi connectivity index (χ1v) is 4.60. The average Bonchev–Trinajstić information content (AvgIpc) is 2.00. The summed E-state index contributed by atoms with van der Waals surface area (Å²) in [6.45, 7) is 5.92. The number of carbonyl (C=O) groups excluding carboxylic acids is 1. The van der Waals surface area contributed by atoms with E-state index in [-0.39, 0.29) is 11.7 Å². The van der Waals surface area contributed by atoms with Gasteiger partial charge in [0.25, 0.3) is 0 Å².